The normalized spacial score (nSPS) is 34.2. The first-order valence-corrected chi connectivity index (χ1v) is 5.28. The maximum Gasteiger partial charge on any atom is 0.0869 e. The fourth-order valence-corrected chi connectivity index (χ4v) is 2.50. The third kappa shape index (κ3) is 1.49. The van der Waals surface area contributed by atoms with Crippen molar-refractivity contribution in [1.29, 1.82) is 0 Å². The molecular formula is C10H19NO2. The quantitative estimate of drug-likeness (QED) is 0.679. The molecule has 1 saturated heterocycles. The maximum atomic E-state index is 10.1. The average molecular weight is 185 g/mol. The average Bonchev–Trinajstić information content (AvgIpc) is 2.54. The Morgan fingerprint density at radius 2 is 2.23 bits per heavy atom. The molecule has 0 aromatic carbocycles. The van der Waals surface area contributed by atoms with Crippen molar-refractivity contribution in [2.24, 2.45) is 11.1 Å². The molecule has 0 spiro atoms. The molecule has 0 aromatic rings. The van der Waals surface area contributed by atoms with Crippen LogP contribution in [0.1, 0.15) is 32.1 Å². The number of nitrogens with two attached hydrogens (primary N) is 1. The van der Waals surface area contributed by atoms with Crippen molar-refractivity contribution in [2.75, 3.05) is 13.2 Å². The first kappa shape index (κ1) is 9.44. The lowest BCUT2D eigenvalue weighted by molar-refractivity contribution is -0.103. The number of aliphatic hydroxyl groups excluding tert-OH is 1. The first-order valence-electron chi connectivity index (χ1n) is 5.28. The summed E-state index contributed by atoms with van der Waals surface area (Å²) in [5.74, 6) is 0. The van der Waals surface area contributed by atoms with Crippen LogP contribution in [-0.4, -0.2) is 30.5 Å². The van der Waals surface area contributed by atoms with Crippen LogP contribution in [0.2, 0.25) is 0 Å². The molecule has 2 atom stereocenters. The molecule has 0 aromatic heterocycles. The zero-order chi connectivity index (χ0) is 9.31. The summed E-state index contributed by atoms with van der Waals surface area (Å²) in [6, 6.07) is 0. The van der Waals surface area contributed by atoms with Gasteiger partial charge in [-0.1, -0.05) is 6.42 Å². The van der Waals surface area contributed by atoms with Crippen molar-refractivity contribution in [3.8, 4) is 0 Å². The van der Waals surface area contributed by atoms with Gasteiger partial charge >= 0.3 is 0 Å². The van der Waals surface area contributed by atoms with Crippen molar-refractivity contribution in [2.45, 2.75) is 44.3 Å². The van der Waals surface area contributed by atoms with Gasteiger partial charge in [0.25, 0.3) is 0 Å². The van der Waals surface area contributed by atoms with Crippen molar-refractivity contribution < 1.29 is 9.84 Å². The van der Waals surface area contributed by atoms with E-state index in [4.69, 9.17) is 10.5 Å². The van der Waals surface area contributed by atoms with Crippen molar-refractivity contribution in [3.05, 3.63) is 0 Å². The van der Waals surface area contributed by atoms with Crippen LogP contribution < -0.4 is 5.73 Å². The highest BCUT2D eigenvalue weighted by atomic mass is 16.5. The Morgan fingerprint density at radius 1 is 1.46 bits per heavy atom. The standard InChI is InChI=1S/C10H19NO2/c11-7-10(4-2-5-10)9(12)8-3-1-6-13-8/h8-9,12H,1-7,11H2/t8-,9+/m1/s1. The van der Waals surface area contributed by atoms with Gasteiger partial charge in [0, 0.05) is 18.6 Å². The van der Waals surface area contributed by atoms with Crippen LogP contribution in [-0.2, 0) is 4.74 Å². The number of rotatable bonds is 3. The van der Waals surface area contributed by atoms with Gasteiger partial charge in [-0.2, -0.15) is 0 Å². The molecule has 76 valence electrons. The van der Waals surface area contributed by atoms with Gasteiger partial charge in [0.15, 0.2) is 0 Å². The Labute approximate surface area is 79.3 Å². The molecule has 2 rings (SSSR count). The molecule has 0 bridgehead atoms. The van der Waals surface area contributed by atoms with Gasteiger partial charge in [0.2, 0.25) is 0 Å². The maximum absolute atomic E-state index is 10.1. The molecule has 3 nitrogen and oxygen atoms in total. The van der Waals surface area contributed by atoms with Crippen LogP contribution in [0.4, 0.5) is 0 Å². The topological polar surface area (TPSA) is 55.5 Å². The summed E-state index contributed by atoms with van der Waals surface area (Å²) in [4.78, 5) is 0. The van der Waals surface area contributed by atoms with Crippen LogP contribution >= 0.6 is 0 Å². The molecule has 0 radical (unpaired) electrons. The predicted molar refractivity (Wildman–Crippen MR) is 50.3 cm³/mol. The van der Waals surface area contributed by atoms with Crippen molar-refractivity contribution in [1.82, 2.24) is 0 Å². The van der Waals surface area contributed by atoms with Crippen LogP contribution in [0.25, 0.3) is 0 Å². The van der Waals surface area contributed by atoms with Gasteiger partial charge in [0.05, 0.1) is 12.2 Å². The number of hydrogen-bond donors (Lipinski definition) is 2. The Kier molecular flexibility index (Phi) is 2.58. The fraction of sp³-hybridized carbons (Fsp3) is 1.00. The number of aliphatic hydroxyl groups is 1. The minimum atomic E-state index is -0.325. The van der Waals surface area contributed by atoms with Crippen LogP contribution in [0.15, 0.2) is 0 Å². The second-order valence-electron chi connectivity index (χ2n) is 4.42. The molecule has 1 heterocycles. The van der Waals surface area contributed by atoms with Gasteiger partial charge in [-0.05, 0) is 25.7 Å². The van der Waals surface area contributed by atoms with E-state index >= 15 is 0 Å². The van der Waals surface area contributed by atoms with E-state index in [0.717, 1.165) is 32.3 Å². The third-order valence-corrected chi connectivity index (χ3v) is 3.70. The molecule has 2 fully saturated rings. The van der Waals surface area contributed by atoms with E-state index in [0.29, 0.717) is 6.54 Å². The first-order chi connectivity index (χ1) is 6.28. The van der Waals surface area contributed by atoms with Gasteiger partial charge in [-0.3, -0.25) is 0 Å². The molecule has 1 saturated carbocycles. The smallest absolute Gasteiger partial charge is 0.0869 e. The molecule has 1 aliphatic heterocycles. The van der Waals surface area contributed by atoms with E-state index in [1.165, 1.54) is 6.42 Å². The lowest BCUT2D eigenvalue weighted by Crippen LogP contribution is -2.52. The van der Waals surface area contributed by atoms with Crippen LogP contribution in [0.3, 0.4) is 0 Å². The van der Waals surface area contributed by atoms with Gasteiger partial charge < -0.3 is 15.6 Å². The largest absolute Gasteiger partial charge is 0.390 e. The van der Waals surface area contributed by atoms with Crippen LogP contribution in [0.5, 0.6) is 0 Å². The second kappa shape index (κ2) is 3.56. The summed E-state index contributed by atoms with van der Waals surface area (Å²) in [7, 11) is 0. The van der Waals surface area contributed by atoms with Gasteiger partial charge in [-0.25, -0.2) is 0 Å². The molecule has 0 unspecified atom stereocenters. The summed E-state index contributed by atoms with van der Waals surface area (Å²) >= 11 is 0. The molecule has 13 heavy (non-hydrogen) atoms. The van der Waals surface area contributed by atoms with E-state index in [9.17, 15) is 5.11 Å². The molecule has 2 aliphatic rings. The SMILES string of the molecule is NCC1([C@@H](O)[C@H]2CCCO2)CCC1. The van der Waals surface area contributed by atoms with E-state index in [2.05, 4.69) is 0 Å². The van der Waals surface area contributed by atoms with E-state index in [1.54, 1.807) is 0 Å². The summed E-state index contributed by atoms with van der Waals surface area (Å²) in [5.41, 5.74) is 5.72. The Hall–Kier alpha value is -0.120. The van der Waals surface area contributed by atoms with Crippen molar-refractivity contribution in [3.63, 3.8) is 0 Å². The minimum absolute atomic E-state index is 0.00495. The van der Waals surface area contributed by atoms with E-state index < -0.39 is 0 Å². The third-order valence-electron chi connectivity index (χ3n) is 3.70. The minimum Gasteiger partial charge on any atom is -0.390 e. The van der Waals surface area contributed by atoms with Gasteiger partial charge in [-0.15, -0.1) is 0 Å². The summed E-state index contributed by atoms with van der Waals surface area (Å²) in [6.45, 7) is 1.41. The number of hydrogen-bond acceptors (Lipinski definition) is 3. The van der Waals surface area contributed by atoms with Crippen LogP contribution in [0, 0.1) is 5.41 Å². The Bertz CT molecular complexity index is 168. The predicted octanol–water partition coefficient (Wildman–Crippen LogP) is 0.655. The highest BCUT2D eigenvalue weighted by Gasteiger charge is 2.46. The monoisotopic (exact) mass is 185 g/mol. The molecule has 3 heteroatoms. The summed E-state index contributed by atoms with van der Waals surface area (Å²) < 4.78 is 5.49. The molecular weight excluding hydrogens is 166 g/mol. The van der Waals surface area contributed by atoms with Gasteiger partial charge in [0.1, 0.15) is 0 Å². The molecule has 1 aliphatic carbocycles. The zero-order valence-electron chi connectivity index (χ0n) is 8.04. The highest BCUT2D eigenvalue weighted by molar-refractivity contribution is 4.98. The highest BCUT2D eigenvalue weighted by Crippen LogP contribution is 2.45. The lowest BCUT2D eigenvalue weighted by atomic mass is 9.63. The molecule has 3 N–H and O–H groups in total. The fourth-order valence-electron chi connectivity index (χ4n) is 2.50. The lowest BCUT2D eigenvalue weighted by Gasteiger charge is -2.46. The van der Waals surface area contributed by atoms with Crippen molar-refractivity contribution >= 4 is 0 Å². The zero-order valence-corrected chi connectivity index (χ0v) is 8.04. The summed E-state index contributed by atoms with van der Waals surface area (Å²) in [6.07, 6.45) is 5.18. The second-order valence-corrected chi connectivity index (χ2v) is 4.42. The Balaban J connectivity index is 1.97. The Morgan fingerprint density at radius 3 is 2.62 bits per heavy atom. The van der Waals surface area contributed by atoms with E-state index in [1.807, 2.05) is 0 Å². The summed E-state index contributed by atoms with van der Waals surface area (Å²) in [5, 5.41) is 10.1. The number of ether oxygens (including phenoxy) is 1. The van der Waals surface area contributed by atoms with E-state index in [-0.39, 0.29) is 17.6 Å². The molecule has 0 amide bonds.